The highest BCUT2D eigenvalue weighted by Crippen LogP contribution is 2.40. The van der Waals surface area contributed by atoms with Crippen LogP contribution in [0, 0.1) is 0 Å². The average Bonchev–Trinajstić information content (AvgIpc) is 3.10. The van der Waals surface area contributed by atoms with Gasteiger partial charge in [0.05, 0.1) is 25.2 Å². The first-order chi connectivity index (χ1) is 15.1. The molecule has 0 aliphatic carbocycles. The summed E-state index contributed by atoms with van der Waals surface area (Å²) in [5.74, 6) is 2.03. The number of fused-ring (bicyclic) bond motifs is 3. The molecular formula is C23H31N5O2S. The largest absolute Gasteiger partial charge is 0.492 e. The number of benzene rings is 1. The summed E-state index contributed by atoms with van der Waals surface area (Å²) in [5.41, 5.74) is 8.89. The topological polar surface area (TPSA) is 96.3 Å². The first-order valence-electron chi connectivity index (χ1n) is 11.0. The molecule has 0 radical (unpaired) electrons. The minimum absolute atomic E-state index is 0.115. The summed E-state index contributed by atoms with van der Waals surface area (Å²) in [6.45, 7) is 7.73. The molecule has 0 amide bonds. The molecule has 8 heteroatoms. The number of hydrogen-bond acceptors (Lipinski definition) is 6. The number of β-amino-alcohol motifs (C(OH)–C–C–N with tert-alkyl or cyclic N) is 1. The minimum atomic E-state index is 0.115. The van der Waals surface area contributed by atoms with E-state index in [-0.39, 0.29) is 12.6 Å². The van der Waals surface area contributed by atoms with E-state index in [1.807, 2.05) is 13.8 Å². The fraction of sp³-hybridized carbons (Fsp3) is 0.522. The maximum Gasteiger partial charge on any atom is 0.185 e. The smallest absolute Gasteiger partial charge is 0.185 e. The Bertz CT molecular complexity index is 961. The lowest BCUT2D eigenvalue weighted by molar-refractivity contribution is 0.164. The molecule has 7 nitrogen and oxygen atoms in total. The number of hydrogen-bond donors (Lipinski definition) is 2. The molecule has 1 aromatic heterocycles. The highest BCUT2D eigenvalue weighted by Gasteiger charge is 2.25. The third kappa shape index (κ3) is 4.97. The van der Waals surface area contributed by atoms with Gasteiger partial charge < -0.3 is 20.5 Å². The van der Waals surface area contributed by atoms with Crippen LogP contribution in [-0.4, -0.2) is 66.1 Å². The number of aliphatic imine (C=N–C) groups is 2. The first kappa shape index (κ1) is 21.9. The van der Waals surface area contributed by atoms with Crippen molar-refractivity contribution in [3.8, 4) is 17.0 Å². The molecule has 0 spiro atoms. The van der Waals surface area contributed by atoms with Crippen molar-refractivity contribution in [2.45, 2.75) is 45.1 Å². The number of ether oxygens (including phenoxy) is 1. The van der Waals surface area contributed by atoms with Crippen LogP contribution in [0.15, 0.2) is 28.2 Å². The van der Waals surface area contributed by atoms with Crippen molar-refractivity contribution in [2.75, 3.05) is 32.8 Å². The van der Waals surface area contributed by atoms with Crippen molar-refractivity contribution in [1.29, 1.82) is 0 Å². The Hall–Kier alpha value is -2.29. The minimum Gasteiger partial charge on any atom is -0.492 e. The van der Waals surface area contributed by atoms with Crippen LogP contribution in [0.2, 0.25) is 0 Å². The Morgan fingerprint density at radius 2 is 2.19 bits per heavy atom. The van der Waals surface area contributed by atoms with Crippen molar-refractivity contribution in [2.24, 2.45) is 15.7 Å². The van der Waals surface area contributed by atoms with Crippen LogP contribution in [0.3, 0.4) is 0 Å². The highest BCUT2D eigenvalue weighted by atomic mass is 32.1. The van der Waals surface area contributed by atoms with Crippen molar-refractivity contribution in [3.63, 3.8) is 0 Å². The predicted octanol–water partition coefficient (Wildman–Crippen LogP) is 3.06. The quantitative estimate of drug-likeness (QED) is 0.549. The van der Waals surface area contributed by atoms with Gasteiger partial charge in [-0.05, 0) is 63.4 Å². The number of aliphatic hydroxyl groups excluding tert-OH is 1. The van der Waals surface area contributed by atoms with E-state index in [2.05, 4.69) is 33.1 Å². The monoisotopic (exact) mass is 441 g/mol. The Morgan fingerprint density at radius 3 is 2.90 bits per heavy atom. The van der Waals surface area contributed by atoms with Crippen molar-refractivity contribution >= 4 is 23.5 Å². The summed E-state index contributed by atoms with van der Waals surface area (Å²) in [6.07, 6.45) is 4.31. The fourth-order valence-corrected chi connectivity index (χ4v) is 5.28. The van der Waals surface area contributed by atoms with E-state index in [0.717, 1.165) is 60.9 Å². The number of thiazole rings is 1. The van der Waals surface area contributed by atoms with Gasteiger partial charge in [-0.25, -0.2) is 9.98 Å². The van der Waals surface area contributed by atoms with Gasteiger partial charge in [0.25, 0.3) is 0 Å². The molecule has 0 saturated carbocycles. The van der Waals surface area contributed by atoms with Crippen molar-refractivity contribution in [3.05, 3.63) is 33.6 Å². The molecule has 2 aliphatic rings. The van der Waals surface area contributed by atoms with E-state index in [1.54, 1.807) is 11.3 Å². The Labute approximate surface area is 187 Å². The standard InChI is InChI=1S/C23H31N5O2S/c1-15(2)26-22(25-14-24)23-27-21-18-4-3-17(13-19(18)30-12-7-20(21)31-23)16-5-8-28(9-6-16)10-11-29/h3-4,13-16,29H,5-12H2,1-2H3,(H2,24,25,26). The zero-order valence-corrected chi connectivity index (χ0v) is 19.1. The molecule has 0 bridgehead atoms. The zero-order chi connectivity index (χ0) is 21.8. The van der Waals surface area contributed by atoms with Gasteiger partial charge in [-0.2, -0.15) is 0 Å². The summed E-state index contributed by atoms with van der Waals surface area (Å²) in [5, 5.41) is 9.96. The predicted molar refractivity (Wildman–Crippen MR) is 127 cm³/mol. The van der Waals surface area contributed by atoms with Gasteiger partial charge in [-0.15, -0.1) is 11.3 Å². The molecule has 1 fully saturated rings. The van der Waals surface area contributed by atoms with Gasteiger partial charge in [-0.1, -0.05) is 6.07 Å². The van der Waals surface area contributed by atoms with Crippen LogP contribution in [0.4, 0.5) is 0 Å². The van der Waals surface area contributed by atoms with E-state index < -0.39 is 0 Å². The van der Waals surface area contributed by atoms with Crippen LogP contribution in [0.1, 0.15) is 48.1 Å². The molecular weight excluding hydrogens is 410 g/mol. The molecule has 0 unspecified atom stereocenters. The molecule has 31 heavy (non-hydrogen) atoms. The lowest BCUT2D eigenvalue weighted by atomic mass is 9.88. The Balaban J connectivity index is 1.61. The average molecular weight is 442 g/mol. The van der Waals surface area contributed by atoms with E-state index in [4.69, 9.17) is 20.6 Å². The number of aromatic nitrogens is 1. The maximum absolute atomic E-state index is 9.16. The van der Waals surface area contributed by atoms with Gasteiger partial charge in [0.15, 0.2) is 10.8 Å². The lowest BCUT2D eigenvalue weighted by Gasteiger charge is -2.31. The molecule has 166 valence electrons. The van der Waals surface area contributed by atoms with Gasteiger partial charge in [0, 0.05) is 29.4 Å². The van der Waals surface area contributed by atoms with Crippen molar-refractivity contribution < 1.29 is 9.84 Å². The highest BCUT2D eigenvalue weighted by molar-refractivity contribution is 7.14. The molecule has 0 atom stereocenters. The number of piperidine rings is 1. The number of nitrogens with zero attached hydrogens (tertiary/aromatic N) is 4. The first-order valence-corrected chi connectivity index (χ1v) is 11.8. The second kappa shape index (κ2) is 9.89. The van der Waals surface area contributed by atoms with Gasteiger partial charge in [0.1, 0.15) is 5.75 Å². The number of aliphatic hydroxyl groups is 1. The number of nitrogens with two attached hydrogens (primary N) is 1. The Kier molecular flexibility index (Phi) is 6.99. The SMILES string of the molecule is CC(C)N=C(N=CN)c1nc2c(s1)CCOc1cc(C3CCN(CCO)CC3)ccc1-2. The summed E-state index contributed by atoms with van der Waals surface area (Å²) in [4.78, 5) is 17.3. The molecule has 1 aromatic carbocycles. The molecule has 3 heterocycles. The molecule has 2 aliphatic heterocycles. The number of likely N-dealkylation sites (tertiary alicyclic amines) is 1. The lowest BCUT2D eigenvalue weighted by Crippen LogP contribution is -2.34. The van der Waals surface area contributed by atoms with Crippen LogP contribution in [-0.2, 0) is 6.42 Å². The Morgan fingerprint density at radius 1 is 1.39 bits per heavy atom. The second-order valence-electron chi connectivity index (χ2n) is 8.31. The van der Waals surface area contributed by atoms with Crippen LogP contribution in [0.5, 0.6) is 5.75 Å². The van der Waals surface area contributed by atoms with Crippen LogP contribution in [0.25, 0.3) is 11.3 Å². The van der Waals surface area contributed by atoms with Gasteiger partial charge >= 0.3 is 0 Å². The van der Waals surface area contributed by atoms with E-state index in [9.17, 15) is 0 Å². The maximum atomic E-state index is 9.16. The van der Waals surface area contributed by atoms with Gasteiger partial charge in [0.2, 0.25) is 0 Å². The van der Waals surface area contributed by atoms with E-state index in [0.29, 0.717) is 18.4 Å². The van der Waals surface area contributed by atoms with E-state index in [1.165, 1.54) is 16.8 Å². The number of amidine groups is 1. The zero-order valence-electron chi connectivity index (χ0n) is 18.3. The summed E-state index contributed by atoms with van der Waals surface area (Å²) in [6, 6.07) is 6.70. The summed E-state index contributed by atoms with van der Waals surface area (Å²) in [7, 11) is 0. The van der Waals surface area contributed by atoms with Crippen LogP contribution >= 0.6 is 11.3 Å². The fourth-order valence-electron chi connectivity index (χ4n) is 4.28. The van der Waals surface area contributed by atoms with Crippen molar-refractivity contribution in [1.82, 2.24) is 9.88 Å². The third-order valence-electron chi connectivity index (χ3n) is 5.79. The normalized spacial score (nSPS) is 18.1. The molecule has 2 aromatic rings. The molecule has 1 saturated heterocycles. The second-order valence-corrected chi connectivity index (χ2v) is 9.39. The summed E-state index contributed by atoms with van der Waals surface area (Å²) >= 11 is 1.62. The summed E-state index contributed by atoms with van der Waals surface area (Å²) < 4.78 is 6.14. The third-order valence-corrected chi connectivity index (χ3v) is 6.90. The van der Waals surface area contributed by atoms with Gasteiger partial charge in [-0.3, -0.25) is 4.99 Å². The van der Waals surface area contributed by atoms with Crippen LogP contribution < -0.4 is 10.5 Å². The molecule has 3 N–H and O–H groups in total. The van der Waals surface area contributed by atoms with E-state index >= 15 is 0 Å². The number of rotatable bonds is 5. The molecule has 4 rings (SSSR count).